The monoisotopic (exact) mass is 235 g/mol. The molecule has 0 amide bonds. The van der Waals surface area contributed by atoms with Gasteiger partial charge in [0.15, 0.2) is 0 Å². The molecule has 2 rings (SSSR count). The lowest BCUT2D eigenvalue weighted by atomic mass is 9.89. The summed E-state index contributed by atoms with van der Waals surface area (Å²) in [6.07, 6.45) is 4.23. The number of nitrogens with zero attached hydrogens (tertiary/aromatic N) is 2. The van der Waals surface area contributed by atoms with Crippen LogP contribution < -0.4 is 5.32 Å². The second kappa shape index (κ2) is 5.45. The van der Waals surface area contributed by atoms with E-state index >= 15 is 0 Å². The molecular formula is C13H21N3O. The molecule has 1 heterocycles. The lowest BCUT2D eigenvalue weighted by Crippen LogP contribution is -2.41. The zero-order chi connectivity index (χ0) is 12.3. The van der Waals surface area contributed by atoms with Gasteiger partial charge in [0.1, 0.15) is 12.1 Å². The predicted molar refractivity (Wildman–Crippen MR) is 68.2 cm³/mol. The van der Waals surface area contributed by atoms with E-state index in [0.717, 1.165) is 31.0 Å². The molecule has 0 spiro atoms. The van der Waals surface area contributed by atoms with Crippen molar-refractivity contribution in [2.45, 2.75) is 51.7 Å². The molecule has 0 saturated heterocycles. The second-order valence-electron chi connectivity index (χ2n) is 4.87. The largest absolute Gasteiger partial charge is 0.378 e. The summed E-state index contributed by atoms with van der Waals surface area (Å²) in [5.41, 5.74) is 1.09. The van der Waals surface area contributed by atoms with Gasteiger partial charge in [-0.2, -0.15) is 0 Å². The first-order chi connectivity index (χ1) is 8.19. The maximum atomic E-state index is 5.53. The zero-order valence-electron chi connectivity index (χ0n) is 10.8. The van der Waals surface area contributed by atoms with Crippen LogP contribution in [0.25, 0.3) is 0 Å². The van der Waals surface area contributed by atoms with Crippen molar-refractivity contribution < 1.29 is 4.74 Å². The fourth-order valence-corrected chi connectivity index (χ4v) is 2.03. The standard InChI is InChI=1S/C13H21N3O/c1-4-17-11-5-10(6-11)16-13-7-12(9(2)3)14-8-15-13/h7-11H,4-6H2,1-3H3,(H,14,15,16). The molecule has 4 heteroatoms. The van der Waals surface area contributed by atoms with Crippen LogP contribution in [0.4, 0.5) is 5.82 Å². The number of ether oxygens (including phenoxy) is 1. The Morgan fingerprint density at radius 2 is 2.18 bits per heavy atom. The Hall–Kier alpha value is -1.16. The Bertz CT molecular complexity index is 361. The van der Waals surface area contributed by atoms with Crippen molar-refractivity contribution >= 4 is 5.82 Å². The van der Waals surface area contributed by atoms with E-state index in [-0.39, 0.29) is 0 Å². The molecule has 0 aromatic carbocycles. The number of nitrogens with one attached hydrogen (secondary N) is 1. The Labute approximate surface area is 103 Å². The van der Waals surface area contributed by atoms with Gasteiger partial charge in [-0.1, -0.05) is 13.8 Å². The van der Waals surface area contributed by atoms with Crippen molar-refractivity contribution in [3.8, 4) is 0 Å². The molecule has 94 valence electrons. The summed E-state index contributed by atoms with van der Waals surface area (Å²) >= 11 is 0. The van der Waals surface area contributed by atoms with Crippen LogP contribution >= 0.6 is 0 Å². The van der Waals surface area contributed by atoms with Crippen LogP contribution in [-0.4, -0.2) is 28.7 Å². The minimum absolute atomic E-state index is 0.434. The van der Waals surface area contributed by atoms with E-state index in [1.807, 2.05) is 13.0 Å². The van der Waals surface area contributed by atoms with Crippen LogP contribution in [0.5, 0.6) is 0 Å². The van der Waals surface area contributed by atoms with Crippen molar-refractivity contribution in [2.75, 3.05) is 11.9 Å². The van der Waals surface area contributed by atoms with Crippen molar-refractivity contribution in [2.24, 2.45) is 0 Å². The predicted octanol–water partition coefficient (Wildman–Crippen LogP) is 2.58. The molecule has 1 aliphatic carbocycles. The summed E-state index contributed by atoms with van der Waals surface area (Å²) in [6.45, 7) is 7.13. The van der Waals surface area contributed by atoms with E-state index in [1.165, 1.54) is 0 Å². The molecule has 1 fully saturated rings. The lowest BCUT2D eigenvalue weighted by Gasteiger charge is -2.35. The zero-order valence-corrected chi connectivity index (χ0v) is 10.8. The Morgan fingerprint density at radius 1 is 1.41 bits per heavy atom. The highest BCUT2D eigenvalue weighted by Gasteiger charge is 2.29. The summed E-state index contributed by atoms with van der Waals surface area (Å²) in [6, 6.07) is 2.54. The molecule has 0 aliphatic heterocycles. The van der Waals surface area contributed by atoms with Gasteiger partial charge in [0.05, 0.1) is 6.10 Å². The summed E-state index contributed by atoms with van der Waals surface area (Å²) < 4.78 is 5.53. The van der Waals surface area contributed by atoms with Crippen LogP contribution in [0.1, 0.15) is 45.2 Å². The SMILES string of the molecule is CCOC1CC(Nc2cc(C(C)C)ncn2)C1. The van der Waals surface area contributed by atoms with Gasteiger partial charge < -0.3 is 10.1 Å². The maximum absolute atomic E-state index is 5.53. The van der Waals surface area contributed by atoms with Gasteiger partial charge in [-0.25, -0.2) is 9.97 Å². The fraction of sp³-hybridized carbons (Fsp3) is 0.692. The number of hydrogen-bond acceptors (Lipinski definition) is 4. The maximum Gasteiger partial charge on any atom is 0.129 e. The fourth-order valence-electron chi connectivity index (χ4n) is 2.03. The smallest absolute Gasteiger partial charge is 0.129 e. The second-order valence-corrected chi connectivity index (χ2v) is 4.87. The normalized spacial score (nSPS) is 23.5. The van der Waals surface area contributed by atoms with Crippen LogP contribution in [0.2, 0.25) is 0 Å². The van der Waals surface area contributed by atoms with Gasteiger partial charge in [0.25, 0.3) is 0 Å². The summed E-state index contributed by atoms with van der Waals surface area (Å²) in [7, 11) is 0. The van der Waals surface area contributed by atoms with Crippen LogP contribution in [0.15, 0.2) is 12.4 Å². The van der Waals surface area contributed by atoms with Crippen LogP contribution in [0.3, 0.4) is 0 Å². The minimum Gasteiger partial charge on any atom is -0.378 e. The quantitative estimate of drug-likeness (QED) is 0.852. The van der Waals surface area contributed by atoms with E-state index in [1.54, 1.807) is 6.33 Å². The van der Waals surface area contributed by atoms with Gasteiger partial charge in [-0.3, -0.25) is 0 Å². The highest BCUT2D eigenvalue weighted by atomic mass is 16.5. The van der Waals surface area contributed by atoms with Crippen molar-refractivity contribution in [1.82, 2.24) is 9.97 Å². The minimum atomic E-state index is 0.434. The number of aromatic nitrogens is 2. The first kappa shape index (κ1) is 12.3. The Kier molecular flexibility index (Phi) is 3.94. The molecule has 1 saturated carbocycles. The summed E-state index contributed by atoms with van der Waals surface area (Å²) in [4.78, 5) is 8.51. The molecule has 4 nitrogen and oxygen atoms in total. The Morgan fingerprint density at radius 3 is 2.82 bits per heavy atom. The molecule has 1 aromatic rings. The number of rotatable bonds is 5. The molecule has 17 heavy (non-hydrogen) atoms. The third-order valence-corrected chi connectivity index (χ3v) is 3.13. The van der Waals surface area contributed by atoms with E-state index < -0.39 is 0 Å². The van der Waals surface area contributed by atoms with Gasteiger partial charge in [0.2, 0.25) is 0 Å². The molecule has 1 aliphatic rings. The van der Waals surface area contributed by atoms with Crippen LogP contribution in [-0.2, 0) is 4.74 Å². The highest BCUT2D eigenvalue weighted by Crippen LogP contribution is 2.26. The topological polar surface area (TPSA) is 47.0 Å². The third-order valence-electron chi connectivity index (χ3n) is 3.13. The van der Waals surface area contributed by atoms with Gasteiger partial charge in [0, 0.05) is 24.4 Å². The number of anilines is 1. The molecule has 0 unspecified atom stereocenters. The molecule has 0 bridgehead atoms. The van der Waals surface area contributed by atoms with Crippen LogP contribution in [0, 0.1) is 0 Å². The first-order valence-electron chi connectivity index (χ1n) is 6.39. The molecular weight excluding hydrogens is 214 g/mol. The lowest BCUT2D eigenvalue weighted by molar-refractivity contribution is 0.00292. The molecule has 1 N–H and O–H groups in total. The molecule has 0 atom stereocenters. The highest BCUT2D eigenvalue weighted by molar-refractivity contribution is 5.37. The van der Waals surface area contributed by atoms with E-state index in [0.29, 0.717) is 18.1 Å². The van der Waals surface area contributed by atoms with E-state index in [2.05, 4.69) is 29.1 Å². The van der Waals surface area contributed by atoms with Crippen molar-refractivity contribution in [1.29, 1.82) is 0 Å². The Balaban J connectivity index is 1.86. The first-order valence-corrected chi connectivity index (χ1v) is 6.39. The van der Waals surface area contributed by atoms with Gasteiger partial charge in [-0.05, 0) is 25.7 Å². The summed E-state index contributed by atoms with van der Waals surface area (Å²) in [5.74, 6) is 1.37. The van der Waals surface area contributed by atoms with E-state index in [9.17, 15) is 0 Å². The molecule has 0 radical (unpaired) electrons. The average molecular weight is 235 g/mol. The van der Waals surface area contributed by atoms with Gasteiger partial charge in [-0.15, -0.1) is 0 Å². The van der Waals surface area contributed by atoms with Crippen molar-refractivity contribution in [3.63, 3.8) is 0 Å². The third kappa shape index (κ3) is 3.16. The van der Waals surface area contributed by atoms with Gasteiger partial charge >= 0.3 is 0 Å². The van der Waals surface area contributed by atoms with E-state index in [4.69, 9.17) is 4.74 Å². The average Bonchev–Trinajstić information content (AvgIpc) is 2.27. The summed E-state index contributed by atoms with van der Waals surface area (Å²) in [5, 5.41) is 3.43. The molecule has 1 aromatic heterocycles. The van der Waals surface area contributed by atoms with Crippen molar-refractivity contribution in [3.05, 3.63) is 18.1 Å². The number of hydrogen-bond donors (Lipinski definition) is 1.